The Morgan fingerprint density at radius 2 is 2.15 bits per heavy atom. The van der Waals surface area contributed by atoms with Crippen LogP contribution in [0.25, 0.3) is 11.1 Å². The van der Waals surface area contributed by atoms with Crippen molar-refractivity contribution >= 4 is 22.9 Å². The third-order valence-corrected chi connectivity index (χ3v) is 4.61. The summed E-state index contributed by atoms with van der Waals surface area (Å²) in [6, 6.07) is 0. The van der Waals surface area contributed by atoms with Crippen LogP contribution in [0.5, 0.6) is 0 Å². The summed E-state index contributed by atoms with van der Waals surface area (Å²) in [6.45, 7) is 4.02. The highest BCUT2D eigenvalue weighted by atomic mass is 19.4. The second-order valence-electron chi connectivity index (χ2n) is 6.57. The van der Waals surface area contributed by atoms with Crippen molar-refractivity contribution in [2.45, 2.75) is 39.4 Å². The maximum absolute atomic E-state index is 13.0. The molecule has 148 valence electrons. The van der Waals surface area contributed by atoms with Gasteiger partial charge in [0, 0.05) is 6.54 Å². The number of aromatic nitrogens is 2. The highest BCUT2D eigenvalue weighted by Crippen LogP contribution is 2.34. The molecule has 0 amide bonds. The van der Waals surface area contributed by atoms with Gasteiger partial charge in [-0.05, 0) is 33.2 Å². The average molecular weight is 386 g/mol. The minimum atomic E-state index is -4.21. The molecule has 1 aliphatic rings. The molecule has 0 aromatic carbocycles. The van der Waals surface area contributed by atoms with Crippen molar-refractivity contribution in [1.29, 1.82) is 0 Å². The van der Waals surface area contributed by atoms with Crippen molar-refractivity contribution in [3.63, 3.8) is 0 Å². The Morgan fingerprint density at radius 1 is 1.41 bits per heavy atom. The maximum Gasteiger partial charge on any atom is 0.393 e. The molecule has 1 saturated heterocycles. The van der Waals surface area contributed by atoms with Gasteiger partial charge >= 0.3 is 12.1 Å². The smallest absolute Gasteiger partial charge is 0.393 e. The van der Waals surface area contributed by atoms with Crippen LogP contribution in [0.15, 0.2) is 4.42 Å². The standard InChI is InChI=1S/C17H21F3N4O3/c1-3-26-16(25)12-9(2)27-15-13(12)14(21)22-11(23-15)8-24-6-4-5-10(7-24)17(18,19)20/h10H,3-8H2,1-2H3,(H2,21,22,23)/t10-/m1/s1. The number of alkyl halides is 3. The second kappa shape index (κ2) is 7.34. The van der Waals surface area contributed by atoms with Crippen molar-refractivity contribution in [2.75, 3.05) is 25.4 Å². The van der Waals surface area contributed by atoms with Crippen molar-refractivity contribution < 1.29 is 27.1 Å². The molecular formula is C17H21F3N4O3. The van der Waals surface area contributed by atoms with Crippen molar-refractivity contribution in [3.8, 4) is 0 Å². The average Bonchev–Trinajstić information content (AvgIpc) is 2.91. The van der Waals surface area contributed by atoms with Crippen LogP contribution in [0.4, 0.5) is 19.0 Å². The summed E-state index contributed by atoms with van der Waals surface area (Å²) >= 11 is 0. The van der Waals surface area contributed by atoms with Gasteiger partial charge in [-0.3, -0.25) is 4.90 Å². The zero-order valence-electron chi connectivity index (χ0n) is 15.1. The lowest BCUT2D eigenvalue weighted by atomic mass is 9.97. The van der Waals surface area contributed by atoms with Crippen molar-refractivity contribution in [1.82, 2.24) is 14.9 Å². The van der Waals surface area contributed by atoms with E-state index in [1.807, 2.05) is 0 Å². The fraction of sp³-hybridized carbons (Fsp3) is 0.588. The molecule has 10 heteroatoms. The molecule has 0 aliphatic carbocycles. The number of hydrogen-bond donors (Lipinski definition) is 1. The first-order chi connectivity index (χ1) is 12.7. The van der Waals surface area contributed by atoms with E-state index in [0.29, 0.717) is 18.7 Å². The Kier molecular flexibility index (Phi) is 5.27. The Morgan fingerprint density at radius 3 is 2.81 bits per heavy atom. The van der Waals surface area contributed by atoms with E-state index in [-0.39, 0.29) is 54.4 Å². The molecule has 27 heavy (non-hydrogen) atoms. The lowest BCUT2D eigenvalue weighted by Crippen LogP contribution is -2.41. The van der Waals surface area contributed by atoms with E-state index in [1.165, 1.54) is 0 Å². The van der Waals surface area contributed by atoms with E-state index in [0.717, 1.165) is 0 Å². The van der Waals surface area contributed by atoms with Crippen LogP contribution in [0.2, 0.25) is 0 Å². The number of likely N-dealkylation sites (tertiary alicyclic amines) is 1. The molecule has 7 nitrogen and oxygen atoms in total. The topological polar surface area (TPSA) is 94.5 Å². The number of carbonyl (C=O) groups is 1. The summed E-state index contributed by atoms with van der Waals surface area (Å²) in [7, 11) is 0. The van der Waals surface area contributed by atoms with E-state index in [9.17, 15) is 18.0 Å². The molecule has 1 aliphatic heterocycles. The highest BCUT2D eigenvalue weighted by Gasteiger charge is 2.41. The Hall–Kier alpha value is -2.36. The molecule has 3 rings (SSSR count). The Bertz CT molecular complexity index is 850. The fourth-order valence-electron chi connectivity index (χ4n) is 3.37. The first-order valence-corrected chi connectivity index (χ1v) is 8.72. The SMILES string of the molecule is CCOC(=O)c1c(C)oc2nc(CN3CCC[C@@H](C(F)(F)F)C3)nc(N)c12. The number of halogens is 3. The highest BCUT2D eigenvalue weighted by molar-refractivity contribution is 6.07. The number of nitrogens with zero attached hydrogens (tertiary/aromatic N) is 3. The Balaban J connectivity index is 1.86. The van der Waals surface area contributed by atoms with Crippen LogP contribution >= 0.6 is 0 Å². The molecule has 2 N–H and O–H groups in total. The number of fused-ring (bicyclic) bond motifs is 1. The lowest BCUT2D eigenvalue weighted by molar-refractivity contribution is -0.187. The minimum absolute atomic E-state index is 0.0410. The monoisotopic (exact) mass is 386 g/mol. The molecule has 2 aromatic heterocycles. The van der Waals surface area contributed by atoms with Gasteiger partial charge in [-0.1, -0.05) is 0 Å². The number of aryl methyl sites for hydroxylation is 1. The molecule has 0 saturated carbocycles. The number of nitrogens with two attached hydrogens (primary N) is 1. The number of piperidine rings is 1. The molecule has 0 spiro atoms. The number of rotatable bonds is 4. The van der Waals surface area contributed by atoms with Gasteiger partial charge in [0.25, 0.3) is 0 Å². The van der Waals surface area contributed by atoms with Gasteiger partial charge in [0.15, 0.2) is 0 Å². The summed E-state index contributed by atoms with van der Waals surface area (Å²) in [6.07, 6.45) is -3.63. The summed E-state index contributed by atoms with van der Waals surface area (Å²) in [5.74, 6) is -1.34. The molecule has 1 fully saturated rings. The predicted molar refractivity (Wildman–Crippen MR) is 91.0 cm³/mol. The van der Waals surface area contributed by atoms with E-state index in [2.05, 4.69) is 9.97 Å². The maximum atomic E-state index is 13.0. The molecule has 2 aromatic rings. The Labute approximate surface area is 153 Å². The summed E-state index contributed by atoms with van der Waals surface area (Å²) in [4.78, 5) is 22.2. The van der Waals surface area contributed by atoms with Gasteiger partial charge in [0.1, 0.15) is 23.0 Å². The van der Waals surface area contributed by atoms with Gasteiger partial charge in [0.05, 0.1) is 24.5 Å². The summed E-state index contributed by atoms with van der Waals surface area (Å²) in [5.41, 5.74) is 6.29. The normalized spacial score (nSPS) is 18.8. The zero-order chi connectivity index (χ0) is 19.8. The van der Waals surface area contributed by atoms with Crippen LogP contribution in [-0.2, 0) is 11.3 Å². The number of ether oxygens (including phenoxy) is 1. The van der Waals surface area contributed by atoms with Gasteiger partial charge in [0.2, 0.25) is 5.71 Å². The van der Waals surface area contributed by atoms with E-state index < -0.39 is 18.1 Å². The van der Waals surface area contributed by atoms with Gasteiger partial charge < -0.3 is 14.9 Å². The number of esters is 1. The van der Waals surface area contributed by atoms with Crippen LogP contribution in [0.1, 0.15) is 41.7 Å². The van der Waals surface area contributed by atoms with Gasteiger partial charge in [-0.25, -0.2) is 9.78 Å². The summed E-state index contributed by atoms with van der Waals surface area (Å²) < 4.78 is 49.4. The molecule has 0 radical (unpaired) electrons. The molecular weight excluding hydrogens is 365 g/mol. The summed E-state index contributed by atoms with van der Waals surface area (Å²) in [5, 5.41) is 0.265. The van der Waals surface area contributed by atoms with E-state index >= 15 is 0 Å². The zero-order valence-corrected chi connectivity index (χ0v) is 15.1. The lowest BCUT2D eigenvalue weighted by Gasteiger charge is -2.33. The number of anilines is 1. The largest absolute Gasteiger partial charge is 0.462 e. The van der Waals surface area contributed by atoms with Crippen molar-refractivity contribution in [3.05, 3.63) is 17.1 Å². The number of furan rings is 1. The number of hydrogen-bond acceptors (Lipinski definition) is 7. The second-order valence-corrected chi connectivity index (χ2v) is 6.57. The molecule has 1 atom stereocenters. The van der Waals surface area contributed by atoms with Crippen LogP contribution < -0.4 is 5.73 Å². The van der Waals surface area contributed by atoms with E-state index in [4.69, 9.17) is 14.9 Å². The number of carbonyl (C=O) groups excluding carboxylic acids is 1. The van der Waals surface area contributed by atoms with Gasteiger partial charge in [-0.2, -0.15) is 18.2 Å². The van der Waals surface area contributed by atoms with Gasteiger partial charge in [-0.15, -0.1) is 0 Å². The van der Waals surface area contributed by atoms with Crippen molar-refractivity contribution in [2.24, 2.45) is 5.92 Å². The van der Waals surface area contributed by atoms with E-state index in [1.54, 1.807) is 18.7 Å². The van der Waals surface area contributed by atoms with Crippen LogP contribution in [0, 0.1) is 12.8 Å². The fourth-order valence-corrected chi connectivity index (χ4v) is 3.37. The van der Waals surface area contributed by atoms with Crippen LogP contribution in [0.3, 0.4) is 0 Å². The third kappa shape index (κ3) is 4.00. The first kappa shape index (κ1) is 19.4. The quantitative estimate of drug-likeness (QED) is 0.807. The molecule has 0 bridgehead atoms. The third-order valence-electron chi connectivity index (χ3n) is 4.61. The molecule has 3 heterocycles. The first-order valence-electron chi connectivity index (χ1n) is 8.72. The number of nitrogen functional groups attached to an aromatic ring is 1. The minimum Gasteiger partial charge on any atom is -0.462 e. The predicted octanol–water partition coefficient (Wildman–Crippen LogP) is 3.06. The van der Waals surface area contributed by atoms with Crippen LogP contribution in [-0.4, -0.2) is 46.7 Å². The molecule has 0 unspecified atom stereocenters.